The molecule has 2 rings (SSSR count). The molecule has 0 saturated heterocycles. The fourth-order valence-electron chi connectivity index (χ4n) is 2.34. The Morgan fingerprint density at radius 1 is 1.41 bits per heavy atom. The summed E-state index contributed by atoms with van der Waals surface area (Å²) < 4.78 is 0. The molecule has 0 spiro atoms. The monoisotopic (exact) mass is 234 g/mol. The van der Waals surface area contributed by atoms with Crippen LogP contribution in [0.3, 0.4) is 0 Å². The first-order valence-electron chi connectivity index (χ1n) is 6.08. The molecule has 17 heavy (non-hydrogen) atoms. The van der Waals surface area contributed by atoms with Gasteiger partial charge in [0.05, 0.1) is 6.20 Å². The van der Waals surface area contributed by atoms with Crippen molar-refractivity contribution in [2.75, 3.05) is 6.54 Å². The summed E-state index contributed by atoms with van der Waals surface area (Å²) in [6, 6.07) is 0.184. The average molecular weight is 234 g/mol. The molecule has 1 aliphatic carbocycles. The lowest BCUT2D eigenvalue weighted by molar-refractivity contribution is 0.0902. The zero-order chi connectivity index (χ0) is 12.1. The molecular formula is C12H18N4O. The van der Waals surface area contributed by atoms with Gasteiger partial charge in [0.2, 0.25) is 0 Å². The summed E-state index contributed by atoms with van der Waals surface area (Å²) in [6.45, 7) is 0.630. The molecule has 5 heteroatoms. The van der Waals surface area contributed by atoms with Crippen molar-refractivity contribution in [3.63, 3.8) is 0 Å². The van der Waals surface area contributed by atoms with Gasteiger partial charge in [0.25, 0.3) is 5.91 Å². The highest BCUT2D eigenvalue weighted by atomic mass is 16.1. The molecule has 0 aromatic carbocycles. The van der Waals surface area contributed by atoms with E-state index in [1.165, 1.54) is 18.8 Å². The zero-order valence-electron chi connectivity index (χ0n) is 9.80. The van der Waals surface area contributed by atoms with Gasteiger partial charge in [-0.2, -0.15) is 0 Å². The summed E-state index contributed by atoms with van der Waals surface area (Å²) >= 11 is 0. The number of hydrogen-bond acceptors (Lipinski definition) is 4. The Morgan fingerprint density at radius 3 is 2.94 bits per heavy atom. The number of nitrogens with one attached hydrogen (secondary N) is 1. The Labute approximate surface area is 101 Å². The second kappa shape index (κ2) is 5.72. The Bertz CT molecular complexity index is 368. The molecule has 1 saturated carbocycles. The second-order valence-electron chi connectivity index (χ2n) is 4.45. The lowest BCUT2D eigenvalue weighted by Gasteiger charge is -2.31. The minimum atomic E-state index is -0.150. The minimum Gasteiger partial charge on any atom is -0.348 e. The van der Waals surface area contributed by atoms with E-state index in [9.17, 15) is 4.79 Å². The van der Waals surface area contributed by atoms with Crippen LogP contribution in [0.4, 0.5) is 0 Å². The van der Waals surface area contributed by atoms with Gasteiger partial charge in [-0.3, -0.25) is 9.78 Å². The fourth-order valence-corrected chi connectivity index (χ4v) is 2.34. The van der Waals surface area contributed by atoms with Gasteiger partial charge in [-0.15, -0.1) is 0 Å². The second-order valence-corrected chi connectivity index (χ2v) is 4.45. The molecular weight excluding hydrogens is 216 g/mol. The van der Waals surface area contributed by atoms with E-state index >= 15 is 0 Å². The van der Waals surface area contributed by atoms with Crippen LogP contribution in [0, 0.1) is 5.92 Å². The Morgan fingerprint density at radius 2 is 2.24 bits per heavy atom. The lowest BCUT2D eigenvalue weighted by atomic mass is 9.84. The smallest absolute Gasteiger partial charge is 0.271 e. The van der Waals surface area contributed by atoms with Crippen LogP contribution >= 0.6 is 0 Å². The normalized spacial score (nSPS) is 24.3. The number of carbonyl (C=O) groups is 1. The van der Waals surface area contributed by atoms with E-state index in [2.05, 4.69) is 15.3 Å². The van der Waals surface area contributed by atoms with Gasteiger partial charge >= 0.3 is 0 Å². The molecule has 0 bridgehead atoms. The van der Waals surface area contributed by atoms with Crippen molar-refractivity contribution in [1.29, 1.82) is 0 Å². The van der Waals surface area contributed by atoms with Crippen LogP contribution in [0.2, 0.25) is 0 Å². The highest BCUT2D eigenvalue weighted by Gasteiger charge is 2.25. The molecule has 0 aliphatic heterocycles. The third kappa shape index (κ3) is 3.00. The van der Waals surface area contributed by atoms with Crippen molar-refractivity contribution in [3.05, 3.63) is 24.3 Å². The maximum absolute atomic E-state index is 11.9. The number of nitrogens with two attached hydrogens (primary N) is 1. The molecule has 0 radical (unpaired) electrons. The zero-order valence-corrected chi connectivity index (χ0v) is 9.80. The van der Waals surface area contributed by atoms with Crippen molar-refractivity contribution in [2.24, 2.45) is 11.7 Å². The Hall–Kier alpha value is -1.49. The topological polar surface area (TPSA) is 80.9 Å². The summed E-state index contributed by atoms with van der Waals surface area (Å²) in [6.07, 6.45) is 9.03. The Balaban J connectivity index is 1.98. The van der Waals surface area contributed by atoms with E-state index in [1.807, 2.05) is 0 Å². The van der Waals surface area contributed by atoms with Gasteiger partial charge in [-0.25, -0.2) is 4.98 Å². The predicted octanol–water partition coefficient (Wildman–Crippen LogP) is 0.724. The van der Waals surface area contributed by atoms with Crippen molar-refractivity contribution < 1.29 is 4.79 Å². The summed E-state index contributed by atoms with van der Waals surface area (Å²) in [7, 11) is 0. The molecule has 1 aromatic rings. The first kappa shape index (κ1) is 12.0. The van der Waals surface area contributed by atoms with E-state index in [1.54, 1.807) is 6.20 Å². The quantitative estimate of drug-likeness (QED) is 0.807. The standard InChI is InChI=1S/C12H18N4O/c13-7-9-3-1-2-4-10(9)16-12(17)11-8-14-5-6-15-11/h5-6,8-10H,1-4,7,13H2,(H,16,17). The van der Waals surface area contributed by atoms with Crippen LogP contribution in [0.25, 0.3) is 0 Å². The summed E-state index contributed by atoms with van der Waals surface area (Å²) in [5.74, 6) is 0.243. The third-order valence-corrected chi connectivity index (χ3v) is 3.32. The molecule has 1 amide bonds. The summed E-state index contributed by atoms with van der Waals surface area (Å²) in [5, 5.41) is 3.01. The van der Waals surface area contributed by atoms with Crippen molar-refractivity contribution in [2.45, 2.75) is 31.7 Å². The maximum Gasteiger partial charge on any atom is 0.271 e. The van der Waals surface area contributed by atoms with E-state index in [-0.39, 0.29) is 11.9 Å². The number of carbonyl (C=O) groups excluding carboxylic acids is 1. The van der Waals surface area contributed by atoms with Crippen LogP contribution in [-0.4, -0.2) is 28.5 Å². The van der Waals surface area contributed by atoms with Crippen molar-refractivity contribution >= 4 is 5.91 Å². The minimum absolute atomic E-state index is 0.150. The van der Waals surface area contributed by atoms with Crippen LogP contribution in [0.5, 0.6) is 0 Å². The van der Waals surface area contributed by atoms with Crippen LogP contribution < -0.4 is 11.1 Å². The maximum atomic E-state index is 11.9. The molecule has 3 N–H and O–H groups in total. The number of nitrogens with zero attached hydrogens (tertiary/aromatic N) is 2. The number of amides is 1. The first-order chi connectivity index (χ1) is 8.31. The highest BCUT2D eigenvalue weighted by Crippen LogP contribution is 2.23. The fraction of sp³-hybridized carbons (Fsp3) is 0.583. The third-order valence-electron chi connectivity index (χ3n) is 3.32. The van der Waals surface area contributed by atoms with Crippen LogP contribution in [-0.2, 0) is 0 Å². The molecule has 1 fully saturated rings. The first-order valence-corrected chi connectivity index (χ1v) is 6.08. The molecule has 1 heterocycles. The average Bonchev–Trinajstić information content (AvgIpc) is 2.40. The molecule has 5 nitrogen and oxygen atoms in total. The SMILES string of the molecule is NCC1CCCCC1NC(=O)c1cnccn1. The molecule has 92 valence electrons. The van der Waals surface area contributed by atoms with E-state index < -0.39 is 0 Å². The number of hydrogen-bond donors (Lipinski definition) is 2. The van der Waals surface area contributed by atoms with E-state index in [0.29, 0.717) is 18.2 Å². The van der Waals surface area contributed by atoms with Crippen LogP contribution in [0.1, 0.15) is 36.2 Å². The lowest BCUT2D eigenvalue weighted by Crippen LogP contribution is -2.44. The molecule has 1 aromatic heterocycles. The number of aromatic nitrogens is 2. The van der Waals surface area contributed by atoms with Gasteiger partial charge in [0.15, 0.2) is 0 Å². The van der Waals surface area contributed by atoms with Gasteiger partial charge in [0, 0.05) is 18.4 Å². The summed E-state index contributed by atoms with van der Waals surface area (Å²) in [4.78, 5) is 19.8. The molecule has 1 aliphatic rings. The van der Waals surface area contributed by atoms with Gasteiger partial charge in [-0.1, -0.05) is 12.8 Å². The van der Waals surface area contributed by atoms with Crippen LogP contribution in [0.15, 0.2) is 18.6 Å². The van der Waals surface area contributed by atoms with Gasteiger partial charge < -0.3 is 11.1 Å². The predicted molar refractivity (Wildman–Crippen MR) is 64.3 cm³/mol. The van der Waals surface area contributed by atoms with Crippen molar-refractivity contribution in [3.8, 4) is 0 Å². The van der Waals surface area contributed by atoms with E-state index in [4.69, 9.17) is 5.73 Å². The van der Waals surface area contributed by atoms with Gasteiger partial charge in [0.1, 0.15) is 5.69 Å². The van der Waals surface area contributed by atoms with E-state index in [0.717, 1.165) is 19.3 Å². The Kier molecular flexibility index (Phi) is 4.03. The highest BCUT2D eigenvalue weighted by molar-refractivity contribution is 5.92. The van der Waals surface area contributed by atoms with Gasteiger partial charge in [-0.05, 0) is 25.3 Å². The van der Waals surface area contributed by atoms with Crippen molar-refractivity contribution in [1.82, 2.24) is 15.3 Å². The molecule has 2 atom stereocenters. The summed E-state index contributed by atoms with van der Waals surface area (Å²) in [5.41, 5.74) is 6.10. The largest absolute Gasteiger partial charge is 0.348 e. The molecule has 2 unspecified atom stereocenters. The number of rotatable bonds is 3.